The largest absolute Gasteiger partial charge is 0.466 e. The number of carbonyl (C=O) groups is 1. The highest BCUT2D eigenvalue weighted by Gasteiger charge is 2.31. The summed E-state index contributed by atoms with van der Waals surface area (Å²) in [5.74, 6) is 1.03. The Morgan fingerprint density at radius 2 is 2.00 bits per heavy atom. The average molecular weight is 319 g/mol. The summed E-state index contributed by atoms with van der Waals surface area (Å²) >= 11 is 0. The molecular formula is C16H17NO4S. The van der Waals surface area contributed by atoms with Crippen molar-refractivity contribution in [2.45, 2.75) is 31.2 Å². The zero-order valence-electron chi connectivity index (χ0n) is 12.4. The monoisotopic (exact) mass is 319 g/mol. The van der Waals surface area contributed by atoms with Crippen LogP contribution in [0, 0.1) is 13.8 Å². The maximum atomic E-state index is 12.4. The number of amides is 1. The van der Waals surface area contributed by atoms with Gasteiger partial charge in [-0.1, -0.05) is 18.2 Å². The average Bonchev–Trinajstić information content (AvgIpc) is 2.81. The van der Waals surface area contributed by atoms with Gasteiger partial charge in [0.15, 0.2) is 9.84 Å². The van der Waals surface area contributed by atoms with Crippen molar-refractivity contribution in [2.24, 2.45) is 0 Å². The molecule has 3 rings (SSSR count). The molecule has 0 unspecified atom stereocenters. The minimum Gasteiger partial charge on any atom is -0.466 e. The Bertz CT molecular complexity index is 836. The van der Waals surface area contributed by atoms with Crippen LogP contribution in [-0.2, 0) is 9.84 Å². The molecule has 0 saturated carbocycles. The predicted octanol–water partition coefficient (Wildman–Crippen LogP) is 2.54. The van der Waals surface area contributed by atoms with Gasteiger partial charge < -0.3 is 9.73 Å². The third-order valence-corrected chi connectivity index (χ3v) is 5.71. The fraction of sp³-hybridized carbons (Fsp3) is 0.312. The highest BCUT2D eigenvalue weighted by molar-refractivity contribution is 7.91. The molecule has 1 aliphatic rings. The van der Waals surface area contributed by atoms with Gasteiger partial charge in [-0.15, -0.1) is 0 Å². The highest BCUT2D eigenvalue weighted by Crippen LogP contribution is 2.32. The van der Waals surface area contributed by atoms with Gasteiger partial charge in [0.2, 0.25) is 0 Å². The van der Waals surface area contributed by atoms with Gasteiger partial charge in [0, 0.05) is 0 Å². The summed E-state index contributed by atoms with van der Waals surface area (Å²) in [5.41, 5.74) is 1.14. The summed E-state index contributed by atoms with van der Waals surface area (Å²) < 4.78 is 29.6. The molecule has 0 spiro atoms. The van der Waals surface area contributed by atoms with Crippen LogP contribution in [0.15, 0.2) is 39.6 Å². The van der Waals surface area contributed by atoms with Crippen molar-refractivity contribution in [3.63, 3.8) is 0 Å². The molecule has 1 amide bonds. The zero-order valence-corrected chi connectivity index (χ0v) is 13.2. The normalized spacial score (nSPS) is 19.5. The molecule has 5 nitrogen and oxygen atoms in total. The van der Waals surface area contributed by atoms with Crippen LogP contribution in [0.5, 0.6) is 0 Å². The molecule has 0 aliphatic carbocycles. The Morgan fingerprint density at radius 3 is 2.68 bits per heavy atom. The van der Waals surface area contributed by atoms with E-state index in [1.165, 1.54) is 0 Å². The number of rotatable bonds is 2. The first-order chi connectivity index (χ1) is 10.4. The lowest BCUT2D eigenvalue weighted by Gasteiger charge is -2.26. The first kappa shape index (κ1) is 14.8. The van der Waals surface area contributed by atoms with E-state index < -0.39 is 9.84 Å². The summed E-state index contributed by atoms with van der Waals surface area (Å²) in [7, 11) is -3.25. The predicted molar refractivity (Wildman–Crippen MR) is 81.5 cm³/mol. The highest BCUT2D eigenvalue weighted by atomic mass is 32.2. The molecule has 1 aliphatic heterocycles. The van der Waals surface area contributed by atoms with Crippen LogP contribution in [0.4, 0.5) is 0 Å². The zero-order chi connectivity index (χ0) is 15.9. The molecule has 1 aromatic heterocycles. The van der Waals surface area contributed by atoms with Crippen LogP contribution in [0.1, 0.15) is 39.9 Å². The molecule has 1 N–H and O–H groups in total. The van der Waals surface area contributed by atoms with Gasteiger partial charge in [0.05, 0.1) is 22.3 Å². The topological polar surface area (TPSA) is 76.4 Å². The molecule has 22 heavy (non-hydrogen) atoms. The smallest absolute Gasteiger partial charge is 0.255 e. The minimum absolute atomic E-state index is 0.0400. The Morgan fingerprint density at radius 1 is 1.27 bits per heavy atom. The van der Waals surface area contributed by atoms with Gasteiger partial charge in [0.1, 0.15) is 11.5 Å². The lowest BCUT2D eigenvalue weighted by Crippen LogP contribution is -2.34. The number of nitrogens with one attached hydrogen (secondary N) is 1. The maximum Gasteiger partial charge on any atom is 0.255 e. The number of sulfone groups is 1. The van der Waals surface area contributed by atoms with Crippen LogP contribution in [0.2, 0.25) is 0 Å². The molecular weight excluding hydrogens is 302 g/mol. The molecule has 0 saturated heterocycles. The Balaban J connectivity index is 1.91. The van der Waals surface area contributed by atoms with Gasteiger partial charge in [-0.2, -0.15) is 0 Å². The summed E-state index contributed by atoms with van der Waals surface area (Å²) in [6.45, 7) is 3.52. The van der Waals surface area contributed by atoms with E-state index >= 15 is 0 Å². The van der Waals surface area contributed by atoms with Crippen molar-refractivity contribution >= 4 is 15.7 Å². The number of carbonyl (C=O) groups excluding carboxylic acids is 1. The van der Waals surface area contributed by atoms with Gasteiger partial charge in [0.25, 0.3) is 5.91 Å². The fourth-order valence-electron chi connectivity index (χ4n) is 2.83. The van der Waals surface area contributed by atoms with Crippen molar-refractivity contribution in [2.75, 3.05) is 5.75 Å². The molecule has 116 valence electrons. The second-order valence-electron chi connectivity index (χ2n) is 5.50. The Labute approximate surface area is 129 Å². The van der Waals surface area contributed by atoms with Crippen molar-refractivity contribution in [3.05, 3.63) is 53.0 Å². The molecule has 0 bridgehead atoms. The second kappa shape index (κ2) is 5.28. The molecule has 1 aromatic carbocycles. The molecule has 6 heteroatoms. The molecule has 1 atom stereocenters. The number of hydrogen-bond acceptors (Lipinski definition) is 4. The van der Waals surface area contributed by atoms with Crippen molar-refractivity contribution in [1.29, 1.82) is 0 Å². The van der Waals surface area contributed by atoms with Crippen molar-refractivity contribution < 1.29 is 17.6 Å². The number of fused-ring (bicyclic) bond motifs is 1. The Kier molecular flexibility index (Phi) is 3.56. The Hall–Kier alpha value is -2.08. The van der Waals surface area contributed by atoms with E-state index in [1.807, 2.05) is 0 Å². The van der Waals surface area contributed by atoms with Crippen LogP contribution < -0.4 is 5.32 Å². The van der Waals surface area contributed by atoms with Gasteiger partial charge >= 0.3 is 0 Å². The van der Waals surface area contributed by atoms with Crippen LogP contribution in [0.25, 0.3) is 0 Å². The van der Waals surface area contributed by atoms with E-state index in [4.69, 9.17) is 4.42 Å². The van der Waals surface area contributed by atoms with E-state index in [9.17, 15) is 13.2 Å². The molecule has 2 aromatic rings. The maximum absolute atomic E-state index is 12.4. The van der Waals surface area contributed by atoms with Gasteiger partial charge in [-0.25, -0.2) is 8.42 Å². The SMILES string of the molecule is Cc1cc(C(=O)N[C@@H]2CCS(=O)(=O)c3ccccc32)c(C)o1. The van der Waals surface area contributed by atoms with E-state index in [-0.39, 0.29) is 17.7 Å². The van der Waals surface area contributed by atoms with Crippen LogP contribution in [0.3, 0.4) is 0 Å². The third-order valence-electron chi connectivity index (χ3n) is 3.90. The van der Waals surface area contributed by atoms with E-state index in [2.05, 4.69) is 5.32 Å². The van der Waals surface area contributed by atoms with E-state index in [0.29, 0.717) is 34.0 Å². The number of aryl methyl sites for hydroxylation is 2. The molecule has 0 radical (unpaired) electrons. The van der Waals surface area contributed by atoms with Gasteiger partial charge in [-0.05, 0) is 38.0 Å². The molecule has 0 fully saturated rings. The lowest BCUT2D eigenvalue weighted by molar-refractivity contribution is 0.0933. The number of furan rings is 1. The third kappa shape index (κ3) is 2.54. The summed E-state index contributed by atoms with van der Waals surface area (Å²) in [5, 5.41) is 2.92. The van der Waals surface area contributed by atoms with Gasteiger partial charge in [-0.3, -0.25) is 4.79 Å². The van der Waals surface area contributed by atoms with Crippen LogP contribution in [-0.4, -0.2) is 20.1 Å². The fourth-order valence-corrected chi connectivity index (χ4v) is 4.45. The first-order valence-corrected chi connectivity index (χ1v) is 8.73. The summed E-state index contributed by atoms with van der Waals surface area (Å²) in [6.07, 6.45) is 0.376. The standard InChI is InChI=1S/C16H17NO4S/c1-10-9-13(11(2)21-10)16(18)17-14-7-8-22(19,20)15-6-4-3-5-12(14)15/h3-6,9,14H,7-8H2,1-2H3,(H,17,18)/t14-/m1/s1. The summed E-state index contributed by atoms with van der Waals surface area (Å²) in [6, 6.07) is 8.22. The second-order valence-corrected chi connectivity index (χ2v) is 7.58. The van der Waals surface area contributed by atoms with Crippen molar-refractivity contribution in [3.8, 4) is 0 Å². The van der Waals surface area contributed by atoms with E-state index in [1.54, 1.807) is 44.2 Å². The van der Waals surface area contributed by atoms with Crippen LogP contribution >= 0.6 is 0 Å². The molecule has 2 heterocycles. The van der Waals surface area contributed by atoms with Crippen molar-refractivity contribution in [1.82, 2.24) is 5.32 Å². The minimum atomic E-state index is -3.25. The number of hydrogen-bond donors (Lipinski definition) is 1. The van der Waals surface area contributed by atoms with E-state index in [0.717, 1.165) is 0 Å². The number of benzene rings is 1. The lowest BCUT2D eigenvalue weighted by atomic mass is 10.0. The summed E-state index contributed by atoms with van der Waals surface area (Å²) in [4.78, 5) is 12.7. The first-order valence-electron chi connectivity index (χ1n) is 7.08. The quantitative estimate of drug-likeness (QED) is 0.923.